The van der Waals surface area contributed by atoms with Crippen molar-refractivity contribution >= 4 is 50.0 Å². The number of hydrogen-bond donors (Lipinski definition) is 0. The molecule has 152 valence electrons. The van der Waals surface area contributed by atoms with Gasteiger partial charge in [-0.2, -0.15) is 4.99 Å². The molecule has 1 amide bonds. The van der Waals surface area contributed by atoms with Crippen LogP contribution in [0.2, 0.25) is 5.02 Å². The van der Waals surface area contributed by atoms with Crippen LogP contribution in [0, 0.1) is 5.82 Å². The van der Waals surface area contributed by atoms with E-state index in [1.165, 1.54) is 22.7 Å². The third kappa shape index (κ3) is 4.41. The average Bonchev–Trinajstić information content (AvgIpc) is 3.13. The largest absolute Gasteiger partial charge is 0.484 e. The summed E-state index contributed by atoms with van der Waals surface area (Å²) < 4.78 is 43.9. The Morgan fingerprint density at radius 3 is 2.66 bits per heavy atom. The third-order valence-electron chi connectivity index (χ3n) is 4.57. The summed E-state index contributed by atoms with van der Waals surface area (Å²) >= 11 is 7.00. The van der Waals surface area contributed by atoms with Crippen LogP contribution in [0.1, 0.15) is 0 Å². The molecule has 2 fully saturated rings. The van der Waals surface area contributed by atoms with E-state index in [2.05, 4.69) is 4.99 Å². The summed E-state index contributed by atoms with van der Waals surface area (Å²) in [6.45, 7) is -0.301. The van der Waals surface area contributed by atoms with Gasteiger partial charge in [0.05, 0.1) is 23.2 Å². The number of halogens is 2. The topological polar surface area (TPSA) is 76.0 Å². The Bertz CT molecular complexity index is 1080. The van der Waals surface area contributed by atoms with Crippen LogP contribution in [0.3, 0.4) is 0 Å². The summed E-state index contributed by atoms with van der Waals surface area (Å²) in [6, 6.07) is 12.1. The zero-order valence-corrected chi connectivity index (χ0v) is 17.4. The molecule has 0 N–H and O–H groups in total. The molecule has 2 heterocycles. The molecule has 4 rings (SSSR count). The van der Waals surface area contributed by atoms with Crippen molar-refractivity contribution in [2.75, 3.05) is 23.0 Å². The fraction of sp³-hybridized carbons (Fsp3) is 0.263. The number of amides is 1. The molecule has 0 unspecified atom stereocenters. The van der Waals surface area contributed by atoms with E-state index < -0.39 is 27.6 Å². The molecule has 0 radical (unpaired) electrons. The van der Waals surface area contributed by atoms with E-state index in [0.29, 0.717) is 10.8 Å². The van der Waals surface area contributed by atoms with Crippen LogP contribution in [-0.2, 0) is 14.6 Å². The monoisotopic (exact) mass is 454 g/mol. The number of para-hydroxylation sites is 1. The highest BCUT2D eigenvalue weighted by atomic mass is 35.5. The van der Waals surface area contributed by atoms with E-state index in [0.717, 1.165) is 0 Å². The number of rotatable bonds is 4. The third-order valence-corrected chi connectivity index (χ3v) is 8.04. The molecular weight excluding hydrogens is 439 g/mol. The van der Waals surface area contributed by atoms with E-state index in [-0.39, 0.29) is 34.2 Å². The van der Waals surface area contributed by atoms with Gasteiger partial charge in [-0.25, -0.2) is 12.8 Å². The molecule has 2 atom stereocenters. The van der Waals surface area contributed by atoms with E-state index >= 15 is 0 Å². The van der Waals surface area contributed by atoms with Gasteiger partial charge in [-0.3, -0.25) is 4.79 Å². The van der Waals surface area contributed by atoms with Crippen LogP contribution >= 0.6 is 23.4 Å². The first-order chi connectivity index (χ1) is 13.8. The quantitative estimate of drug-likeness (QED) is 0.706. The average molecular weight is 455 g/mol. The van der Waals surface area contributed by atoms with E-state index in [1.54, 1.807) is 42.5 Å². The molecule has 10 heteroatoms. The molecule has 0 aliphatic carbocycles. The molecule has 2 aromatic rings. The molecule has 2 aliphatic rings. The zero-order chi connectivity index (χ0) is 20.6. The SMILES string of the molecule is O=C(COc1ccc(Cl)cc1)N=C1S[C@H]2CS(=O)(=O)C[C@H]2N1c1ccccc1F. The standard InChI is InChI=1S/C19H16ClFN2O4S2/c20-12-5-7-13(8-6-12)27-9-18(24)22-19-23(15-4-2-1-3-14(15)21)16-10-29(25,26)11-17(16)28-19/h1-8,16-17H,9-11H2/t16-,17+/m1/s1. The highest BCUT2D eigenvalue weighted by Gasteiger charge is 2.49. The van der Waals surface area contributed by atoms with Crippen molar-refractivity contribution < 1.29 is 22.3 Å². The van der Waals surface area contributed by atoms with Crippen molar-refractivity contribution in [3.05, 3.63) is 59.4 Å². The number of aliphatic imine (C=N–C) groups is 1. The van der Waals surface area contributed by atoms with E-state index in [1.807, 2.05) is 0 Å². The molecule has 0 saturated carbocycles. The molecule has 6 nitrogen and oxygen atoms in total. The van der Waals surface area contributed by atoms with Crippen molar-refractivity contribution in [3.8, 4) is 5.75 Å². The molecule has 2 aliphatic heterocycles. The number of carbonyl (C=O) groups is 1. The number of hydrogen-bond acceptors (Lipinski definition) is 5. The molecule has 29 heavy (non-hydrogen) atoms. The molecule has 0 spiro atoms. The van der Waals surface area contributed by atoms with Gasteiger partial charge in [-0.05, 0) is 36.4 Å². The fourth-order valence-electron chi connectivity index (χ4n) is 3.31. The lowest BCUT2D eigenvalue weighted by atomic mass is 10.2. The Morgan fingerprint density at radius 2 is 1.93 bits per heavy atom. The number of anilines is 1. The van der Waals surface area contributed by atoms with Gasteiger partial charge >= 0.3 is 0 Å². The lowest BCUT2D eigenvalue weighted by Crippen LogP contribution is -2.38. The van der Waals surface area contributed by atoms with Gasteiger partial charge in [-0.15, -0.1) is 0 Å². The van der Waals surface area contributed by atoms with Crippen molar-refractivity contribution in [1.82, 2.24) is 0 Å². The minimum Gasteiger partial charge on any atom is -0.484 e. The predicted molar refractivity (Wildman–Crippen MR) is 112 cm³/mol. The van der Waals surface area contributed by atoms with Crippen LogP contribution in [0.15, 0.2) is 53.5 Å². The number of carbonyl (C=O) groups excluding carboxylic acids is 1. The van der Waals surface area contributed by atoms with Crippen molar-refractivity contribution in [2.45, 2.75) is 11.3 Å². The second-order valence-corrected chi connectivity index (χ2v) is 10.4. The van der Waals surface area contributed by atoms with Crippen LogP contribution < -0.4 is 9.64 Å². The van der Waals surface area contributed by atoms with Gasteiger partial charge < -0.3 is 9.64 Å². The number of thioether (sulfide) groups is 1. The lowest BCUT2D eigenvalue weighted by molar-refractivity contribution is -0.119. The van der Waals surface area contributed by atoms with Gasteiger partial charge in [0.15, 0.2) is 21.6 Å². The normalized spacial score (nSPS) is 23.9. The second-order valence-electron chi connectivity index (χ2n) is 6.65. The lowest BCUT2D eigenvalue weighted by Gasteiger charge is -2.24. The Kier molecular flexibility index (Phi) is 5.54. The molecule has 2 aromatic carbocycles. The summed E-state index contributed by atoms with van der Waals surface area (Å²) in [5, 5.41) is 0.529. The Balaban J connectivity index is 1.57. The highest BCUT2D eigenvalue weighted by Crippen LogP contribution is 2.41. The van der Waals surface area contributed by atoms with Crippen LogP contribution in [0.5, 0.6) is 5.75 Å². The summed E-state index contributed by atoms with van der Waals surface area (Å²) in [5.74, 6) is -0.715. The van der Waals surface area contributed by atoms with Crippen LogP contribution in [0.4, 0.5) is 10.1 Å². The van der Waals surface area contributed by atoms with Crippen molar-refractivity contribution in [1.29, 1.82) is 0 Å². The van der Waals surface area contributed by atoms with Gasteiger partial charge in [0.1, 0.15) is 11.6 Å². The number of ether oxygens (including phenoxy) is 1. The Morgan fingerprint density at radius 1 is 1.21 bits per heavy atom. The fourth-order valence-corrected chi connectivity index (χ4v) is 7.36. The van der Waals surface area contributed by atoms with Gasteiger partial charge in [0.2, 0.25) is 0 Å². The highest BCUT2D eigenvalue weighted by molar-refractivity contribution is 8.16. The maximum absolute atomic E-state index is 14.4. The summed E-state index contributed by atoms with van der Waals surface area (Å²) in [6.07, 6.45) is 0. The van der Waals surface area contributed by atoms with E-state index in [4.69, 9.17) is 16.3 Å². The first kappa shape index (κ1) is 20.2. The maximum Gasteiger partial charge on any atom is 0.285 e. The van der Waals surface area contributed by atoms with Gasteiger partial charge in [0, 0.05) is 10.3 Å². The summed E-state index contributed by atoms with van der Waals surface area (Å²) in [5.41, 5.74) is 0.203. The van der Waals surface area contributed by atoms with Crippen molar-refractivity contribution in [2.24, 2.45) is 4.99 Å². The van der Waals surface area contributed by atoms with Crippen molar-refractivity contribution in [3.63, 3.8) is 0 Å². The number of nitrogens with zero attached hydrogens (tertiary/aromatic N) is 2. The zero-order valence-electron chi connectivity index (χ0n) is 15.0. The van der Waals surface area contributed by atoms with E-state index in [9.17, 15) is 17.6 Å². The second kappa shape index (κ2) is 7.97. The molecule has 0 aromatic heterocycles. The smallest absolute Gasteiger partial charge is 0.285 e. The summed E-state index contributed by atoms with van der Waals surface area (Å²) in [7, 11) is -3.22. The van der Waals surface area contributed by atoms with Gasteiger partial charge in [-0.1, -0.05) is 35.5 Å². The van der Waals surface area contributed by atoms with Crippen LogP contribution in [0.25, 0.3) is 0 Å². The summed E-state index contributed by atoms with van der Waals surface area (Å²) in [4.78, 5) is 18.0. The minimum absolute atomic E-state index is 0.0260. The molecule has 0 bridgehead atoms. The molecule has 2 saturated heterocycles. The van der Waals surface area contributed by atoms with Gasteiger partial charge in [0.25, 0.3) is 5.91 Å². The number of benzene rings is 2. The van der Waals surface area contributed by atoms with Crippen LogP contribution in [-0.4, -0.2) is 48.9 Å². The number of sulfone groups is 1. The number of amidine groups is 1. The Labute approximate surface area is 176 Å². The predicted octanol–water partition coefficient (Wildman–Crippen LogP) is 3.16. The maximum atomic E-state index is 14.4. The number of fused-ring (bicyclic) bond motifs is 1. The molecular formula is C19H16ClFN2O4S2. The Hall–Kier alpha value is -2.10. The first-order valence-corrected chi connectivity index (χ1v) is 11.8. The minimum atomic E-state index is -3.22. The first-order valence-electron chi connectivity index (χ1n) is 8.73.